The molecule has 0 radical (unpaired) electrons. The van der Waals surface area contributed by atoms with Crippen LogP contribution >= 0.6 is 0 Å². The van der Waals surface area contributed by atoms with Gasteiger partial charge in [-0.2, -0.15) is 0 Å². The quantitative estimate of drug-likeness (QED) is 0.500. The first-order valence-electron chi connectivity index (χ1n) is 11.1. The van der Waals surface area contributed by atoms with Crippen LogP contribution in [0, 0.1) is 11.6 Å². The average molecular weight is 439 g/mol. The van der Waals surface area contributed by atoms with Crippen LogP contribution in [0.1, 0.15) is 48.9 Å². The maximum absolute atomic E-state index is 13.6. The summed E-state index contributed by atoms with van der Waals surface area (Å²) in [5.41, 5.74) is 5.39. The second-order valence-corrected chi connectivity index (χ2v) is 8.49. The number of carbonyl (C=O) groups excluding carboxylic acids is 1. The molecule has 2 atom stereocenters. The summed E-state index contributed by atoms with van der Waals surface area (Å²) < 4.78 is 32.4. The van der Waals surface area contributed by atoms with Crippen LogP contribution in [-0.2, 0) is 17.6 Å². The standard InChI is InChI=1S/C26H28F2N2O2/c1-17(31)30-24(13-18-11-22(27)15-23(28)12-18)7-9-29-26-4-2-3-19-5-6-20(14-25(19)26)21-8-10-32-16-21/h5-6,8,10-12,14-16,24,26,29H,2-4,7,9,13H2,1H3,(H,30,31)/t24-,26+/m1/s1. The Balaban J connectivity index is 1.42. The van der Waals surface area contributed by atoms with Crippen molar-refractivity contribution in [2.24, 2.45) is 0 Å². The number of benzene rings is 2. The van der Waals surface area contributed by atoms with Crippen molar-refractivity contribution in [2.45, 2.75) is 51.1 Å². The van der Waals surface area contributed by atoms with Gasteiger partial charge in [-0.15, -0.1) is 0 Å². The zero-order valence-electron chi connectivity index (χ0n) is 18.2. The average Bonchev–Trinajstić information content (AvgIpc) is 3.27. The van der Waals surface area contributed by atoms with Gasteiger partial charge in [-0.25, -0.2) is 8.78 Å². The molecule has 2 N–H and O–H groups in total. The van der Waals surface area contributed by atoms with Gasteiger partial charge in [0.1, 0.15) is 11.6 Å². The van der Waals surface area contributed by atoms with E-state index in [4.69, 9.17) is 4.42 Å². The summed E-state index contributed by atoms with van der Waals surface area (Å²) in [6, 6.07) is 12.0. The third kappa shape index (κ3) is 5.62. The van der Waals surface area contributed by atoms with E-state index in [9.17, 15) is 13.6 Å². The minimum atomic E-state index is -0.605. The lowest BCUT2D eigenvalue weighted by atomic mass is 9.85. The molecule has 6 heteroatoms. The highest BCUT2D eigenvalue weighted by Crippen LogP contribution is 2.33. The van der Waals surface area contributed by atoms with Crippen LogP contribution in [0.5, 0.6) is 0 Å². The Hall–Kier alpha value is -2.99. The molecular formula is C26H28F2N2O2. The van der Waals surface area contributed by atoms with Gasteiger partial charge in [-0.3, -0.25) is 4.79 Å². The third-order valence-electron chi connectivity index (χ3n) is 6.01. The summed E-state index contributed by atoms with van der Waals surface area (Å²) in [7, 11) is 0. The Morgan fingerprint density at radius 3 is 2.66 bits per heavy atom. The molecule has 3 aromatic rings. The SMILES string of the molecule is CC(=O)N[C@H](CCN[C@H]1CCCc2ccc(-c3ccoc3)cc21)Cc1cc(F)cc(F)c1. The Morgan fingerprint density at radius 1 is 1.12 bits per heavy atom. The van der Waals surface area contributed by atoms with Crippen molar-refractivity contribution in [3.8, 4) is 11.1 Å². The largest absolute Gasteiger partial charge is 0.472 e. The molecule has 0 fully saturated rings. The van der Waals surface area contributed by atoms with E-state index < -0.39 is 11.6 Å². The van der Waals surface area contributed by atoms with Crippen molar-refractivity contribution >= 4 is 5.91 Å². The molecule has 1 aliphatic rings. The number of rotatable bonds is 8. The molecule has 1 heterocycles. The zero-order valence-corrected chi connectivity index (χ0v) is 18.2. The normalized spacial score (nSPS) is 16.4. The number of hydrogen-bond acceptors (Lipinski definition) is 3. The van der Waals surface area contributed by atoms with E-state index in [2.05, 4.69) is 28.8 Å². The van der Waals surface area contributed by atoms with Crippen LogP contribution < -0.4 is 10.6 Å². The molecule has 32 heavy (non-hydrogen) atoms. The number of carbonyl (C=O) groups is 1. The van der Waals surface area contributed by atoms with Crippen molar-refractivity contribution in [1.82, 2.24) is 10.6 Å². The molecule has 0 aliphatic heterocycles. The van der Waals surface area contributed by atoms with E-state index in [1.807, 2.05) is 6.07 Å². The monoisotopic (exact) mass is 438 g/mol. The molecule has 0 bridgehead atoms. The summed E-state index contributed by atoms with van der Waals surface area (Å²) in [4.78, 5) is 11.7. The van der Waals surface area contributed by atoms with Crippen LogP contribution in [0.2, 0.25) is 0 Å². The molecule has 4 nitrogen and oxygen atoms in total. The highest BCUT2D eigenvalue weighted by molar-refractivity contribution is 5.73. The van der Waals surface area contributed by atoms with Crippen LogP contribution in [0.25, 0.3) is 11.1 Å². The molecule has 0 spiro atoms. The number of fused-ring (bicyclic) bond motifs is 1. The third-order valence-corrected chi connectivity index (χ3v) is 6.01. The first-order chi connectivity index (χ1) is 15.5. The van der Waals surface area contributed by atoms with Gasteiger partial charge in [0, 0.05) is 30.6 Å². The van der Waals surface area contributed by atoms with Gasteiger partial charge in [0.2, 0.25) is 5.91 Å². The molecule has 0 saturated carbocycles. The molecular weight excluding hydrogens is 410 g/mol. The molecule has 1 amide bonds. The number of halogens is 2. The predicted molar refractivity (Wildman–Crippen MR) is 120 cm³/mol. The topological polar surface area (TPSA) is 54.3 Å². The van der Waals surface area contributed by atoms with Crippen LogP contribution in [0.4, 0.5) is 8.78 Å². The van der Waals surface area contributed by atoms with E-state index in [0.717, 1.165) is 36.5 Å². The Morgan fingerprint density at radius 2 is 1.94 bits per heavy atom. The molecule has 0 unspecified atom stereocenters. The van der Waals surface area contributed by atoms with Crippen molar-refractivity contribution < 1.29 is 18.0 Å². The number of furan rings is 1. The number of nitrogens with one attached hydrogen (secondary N) is 2. The first kappa shape index (κ1) is 22.2. The fourth-order valence-electron chi connectivity index (χ4n) is 4.58. The summed E-state index contributed by atoms with van der Waals surface area (Å²) in [5.74, 6) is -1.36. The van der Waals surface area contributed by atoms with Crippen molar-refractivity contribution in [1.29, 1.82) is 0 Å². The minimum Gasteiger partial charge on any atom is -0.472 e. The van der Waals surface area contributed by atoms with E-state index in [-0.39, 0.29) is 18.0 Å². The van der Waals surface area contributed by atoms with Crippen LogP contribution in [0.15, 0.2) is 59.4 Å². The molecule has 1 aromatic heterocycles. The van der Waals surface area contributed by atoms with Crippen molar-refractivity contribution in [2.75, 3.05) is 6.54 Å². The lowest BCUT2D eigenvalue weighted by Crippen LogP contribution is -2.38. The second-order valence-electron chi connectivity index (χ2n) is 8.49. The smallest absolute Gasteiger partial charge is 0.217 e. The van der Waals surface area contributed by atoms with Gasteiger partial charge < -0.3 is 15.1 Å². The number of amides is 1. The van der Waals surface area contributed by atoms with Gasteiger partial charge in [0.15, 0.2) is 0 Å². The fraction of sp³-hybridized carbons (Fsp3) is 0.346. The molecule has 2 aromatic carbocycles. The van der Waals surface area contributed by atoms with Gasteiger partial charge in [0.05, 0.1) is 12.5 Å². The van der Waals surface area contributed by atoms with E-state index in [1.165, 1.54) is 30.2 Å². The Bertz CT molecular complexity index is 1050. The van der Waals surface area contributed by atoms with E-state index in [1.54, 1.807) is 12.5 Å². The highest BCUT2D eigenvalue weighted by atomic mass is 19.1. The Labute approximate surface area is 187 Å². The van der Waals surface area contributed by atoms with E-state index in [0.29, 0.717) is 24.9 Å². The zero-order chi connectivity index (χ0) is 22.5. The highest BCUT2D eigenvalue weighted by Gasteiger charge is 2.21. The molecule has 1 aliphatic carbocycles. The molecule has 0 saturated heterocycles. The van der Waals surface area contributed by atoms with Crippen LogP contribution in [-0.4, -0.2) is 18.5 Å². The Kier molecular flexibility index (Phi) is 7.00. The van der Waals surface area contributed by atoms with Crippen molar-refractivity contribution in [3.63, 3.8) is 0 Å². The predicted octanol–water partition coefficient (Wildman–Crippen LogP) is 5.33. The summed E-state index contributed by atoms with van der Waals surface area (Å²) >= 11 is 0. The van der Waals surface area contributed by atoms with Gasteiger partial charge in [0.25, 0.3) is 0 Å². The summed E-state index contributed by atoms with van der Waals surface area (Å²) in [5, 5.41) is 6.56. The van der Waals surface area contributed by atoms with Crippen LogP contribution in [0.3, 0.4) is 0 Å². The lowest BCUT2D eigenvalue weighted by Gasteiger charge is -2.28. The second kappa shape index (κ2) is 10.1. The molecule has 168 valence electrons. The van der Waals surface area contributed by atoms with Crippen molar-refractivity contribution in [3.05, 3.63) is 83.3 Å². The summed E-state index contributed by atoms with van der Waals surface area (Å²) in [6.07, 6.45) is 7.69. The fourth-order valence-corrected chi connectivity index (χ4v) is 4.58. The maximum atomic E-state index is 13.6. The van der Waals surface area contributed by atoms with Gasteiger partial charge in [-0.1, -0.05) is 12.1 Å². The van der Waals surface area contributed by atoms with E-state index >= 15 is 0 Å². The number of hydrogen-bond donors (Lipinski definition) is 2. The minimum absolute atomic E-state index is 0.153. The van der Waals surface area contributed by atoms with Gasteiger partial charge in [-0.05, 0) is 85.2 Å². The first-order valence-corrected chi connectivity index (χ1v) is 11.1. The van der Waals surface area contributed by atoms with Gasteiger partial charge >= 0.3 is 0 Å². The number of aryl methyl sites for hydroxylation is 1. The lowest BCUT2D eigenvalue weighted by molar-refractivity contribution is -0.119. The summed E-state index contributed by atoms with van der Waals surface area (Å²) in [6.45, 7) is 2.14. The maximum Gasteiger partial charge on any atom is 0.217 e. The molecule has 4 rings (SSSR count).